The Morgan fingerprint density at radius 3 is 2.75 bits per heavy atom. The van der Waals surface area contributed by atoms with Gasteiger partial charge in [-0.2, -0.15) is 14.4 Å². The fourth-order valence-corrected chi connectivity index (χ4v) is 2.25. The van der Waals surface area contributed by atoms with E-state index in [4.69, 9.17) is 16.2 Å². The highest BCUT2D eigenvalue weighted by Gasteiger charge is 2.43. The number of nitrogens with zero attached hydrogens (tertiary/aromatic N) is 4. The lowest BCUT2D eigenvalue weighted by atomic mass is 10.1. The average Bonchev–Trinajstić information content (AvgIpc) is 2.93. The number of aliphatic hydroxyl groups excluding tert-OH is 2. The molecule has 9 nitrogen and oxygen atoms in total. The Hall–Kier alpha value is -1.88. The molecule has 4 atom stereocenters. The van der Waals surface area contributed by atoms with Gasteiger partial charge in [-0.25, -0.2) is 4.98 Å². The van der Waals surface area contributed by atoms with Gasteiger partial charge in [-0.3, -0.25) is 4.57 Å². The van der Waals surface area contributed by atoms with Crippen molar-refractivity contribution in [1.29, 1.82) is 0 Å². The molecule has 1 aliphatic rings. The van der Waals surface area contributed by atoms with Crippen LogP contribution in [0.25, 0.3) is 11.2 Å². The monoisotopic (exact) mass is 284 g/mol. The lowest BCUT2D eigenvalue weighted by molar-refractivity contribution is -0.0322. The Balaban J connectivity index is 2.07. The maximum atomic E-state index is 13.2. The van der Waals surface area contributed by atoms with E-state index in [0.29, 0.717) is 0 Å². The molecular formula is C10H13FN6O3. The summed E-state index contributed by atoms with van der Waals surface area (Å²) in [6.07, 6.45) is -3.81. The van der Waals surface area contributed by atoms with Gasteiger partial charge in [-0.05, 0) is 0 Å². The first-order valence-electron chi connectivity index (χ1n) is 5.90. The van der Waals surface area contributed by atoms with E-state index in [1.807, 2.05) is 0 Å². The Morgan fingerprint density at radius 2 is 2.10 bits per heavy atom. The maximum Gasteiger partial charge on any atom is 0.312 e. The van der Waals surface area contributed by atoms with E-state index in [1.54, 1.807) is 0 Å². The molecule has 0 spiro atoms. The summed E-state index contributed by atoms with van der Waals surface area (Å²) in [7, 11) is 0. The van der Waals surface area contributed by atoms with Crippen molar-refractivity contribution in [2.45, 2.75) is 24.5 Å². The molecule has 108 valence electrons. The van der Waals surface area contributed by atoms with Crippen molar-refractivity contribution in [2.24, 2.45) is 5.73 Å². The minimum absolute atomic E-state index is 0.0346. The second-order valence-electron chi connectivity index (χ2n) is 4.48. The smallest absolute Gasteiger partial charge is 0.312 e. The highest BCUT2D eigenvalue weighted by molar-refractivity contribution is 5.81. The summed E-state index contributed by atoms with van der Waals surface area (Å²) in [5.74, 6) is -0.116. The highest BCUT2D eigenvalue weighted by atomic mass is 19.1. The molecule has 2 aromatic heterocycles. The maximum absolute atomic E-state index is 13.2. The molecule has 0 amide bonds. The first kappa shape index (κ1) is 13.1. The van der Waals surface area contributed by atoms with Crippen molar-refractivity contribution in [3.63, 3.8) is 0 Å². The van der Waals surface area contributed by atoms with Gasteiger partial charge in [0.25, 0.3) is 0 Å². The minimum atomic E-state index is -1.24. The highest BCUT2D eigenvalue weighted by Crippen LogP contribution is 2.31. The van der Waals surface area contributed by atoms with Crippen LogP contribution in [0.4, 0.5) is 10.2 Å². The van der Waals surface area contributed by atoms with Gasteiger partial charge in [0.05, 0.1) is 6.33 Å². The summed E-state index contributed by atoms with van der Waals surface area (Å²) in [5.41, 5.74) is 11.2. The van der Waals surface area contributed by atoms with Crippen LogP contribution in [0.15, 0.2) is 6.33 Å². The van der Waals surface area contributed by atoms with E-state index >= 15 is 0 Å². The van der Waals surface area contributed by atoms with Gasteiger partial charge in [0.15, 0.2) is 23.2 Å². The molecule has 1 aliphatic heterocycles. The zero-order valence-corrected chi connectivity index (χ0v) is 10.2. The van der Waals surface area contributed by atoms with Crippen LogP contribution in [0, 0.1) is 6.08 Å². The third-order valence-corrected chi connectivity index (χ3v) is 3.26. The third-order valence-electron chi connectivity index (χ3n) is 3.26. The van der Waals surface area contributed by atoms with Crippen molar-refractivity contribution in [3.05, 3.63) is 12.4 Å². The number of imidazole rings is 1. The van der Waals surface area contributed by atoms with Crippen molar-refractivity contribution >= 4 is 17.0 Å². The molecule has 10 heteroatoms. The Labute approximate surface area is 112 Å². The van der Waals surface area contributed by atoms with E-state index in [0.717, 1.165) is 0 Å². The number of nitrogen functional groups attached to an aromatic ring is 1. The number of fused-ring (bicyclic) bond motifs is 1. The number of halogens is 1. The number of anilines is 1. The van der Waals surface area contributed by atoms with Gasteiger partial charge >= 0.3 is 6.08 Å². The Kier molecular flexibility index (Phi) is 3.01. The van der Waals surface area contributed by atoms with Gasteiger partial charge in [0.1, 0.15) is 18.3 Å². The fraction of sp³-hybridized carbons (Fsp3) is 0.500. The SMILES string of the molecule is NCC1OC(n2cnc3c(N)nc(F)nc32)C(O)C1O. The summed E-state index contributed by atoms with van der Waals surface area (Å²) in [5, 5.41) is 19.8. The molecule has 6 N–H and O–H groups in total. The topological polar surface area (TPSA) is 145 Å². The number of aromatic nitrogens is 4. The molecule has 0 aliphatic carbocycles. The van der Waals surface area contributed by atoms with Gasteiger partial charge in [-0.1, -0.05) is 0 Å². The standard InChI is InChI=1S/C10H13FN6O3/c11-10-15-7(13)4-8(16-10)17(2-14-4)9-6(19)5(18)3(1-12)20-9/h2-3,5-6,9,18-19H,1,12H2,(H2,13,15,16). The molecular weight excluding hydrogens is 271 g/mol. The lowest BCUT2D eigenvalue weighted by Crippen LogP contribution is -2.35. The van der Waals surface area contributed by atoms with Gasteiger partial charge < -0.3 is 26.4 Å². The minimum Gasteiger partial charge on any atom is -0.387 e. The van der Waals surface area contributed by atoms with Crippen LogP contribution in [0.2, 0.25) is 0 Å². The molecule has 0 aromatic carbocycles. The number of rotatable bonds is 2. The van der Waals surface area contributed by atoms with Crippen LogP contribution in [0.1, 0.15) is 6.23 Å². The van der Waals surface area contributed by atoms with Crippen LogP contribution in [-0.4, -0.2) is 54.6 Å². The van der Waals surface area contributed by atoms with E-state index in [-0.39, 0.29) is 23.5 Å². The van der Waals surface area contributed by atoms with Gasteiger partial charge in [0, 0.05) is 6.54 Å². The van der Waals surface area contributed by atoms with Gasteiger partial charge in [0.2, 0.25) is 0 Å². The molecule has 0 saturated carbocycles. The van der Waals surface area contributed by atoms with Crippen LogP contribution < -0.4 is 11.5 Å². The molecule has 20 heavy (non-hydrogen) atoms. The zero-order chi connectivity index (χ0) is 14.4. The number of aliphatic hydroxyl groups is 2. The van der Waals surface area contributed by atoms with Crippen LogP contribution >= 0.6 is 0 Å². The third kappa shape index (κ3) is 1.81. The van der Waals surface area contributed by atoms with E-state index in [1.165, 1.54) is 10.9 Å². The number of hydrogen-bond acceptors (Lipinski definition) is 8. The van der Waals surface area contributed by atoms with E-state index < -0.39 is 30.6 Å². The Morgan fingerprint density at radius 1 is 1.35 bits per heavy atom. The van der Waals surface area contributed by atoms with Gasteiger partial charge in [-0.15, -0.1) is 0 Å². The molecule has 3 heterocycles. The molecule has 0 radical (unpaired) electrons. The van der Waals surface area contributed by atoms with E-state index in [2.05, 4.69) is 15.0 Å². The second kappa shape index (κ2) is 4.59. The normalized spacial score (nSPS) is 30.2. The number of ether oxygens (including phenoxy) is 1. The van der Waals surface area contributed by atoms with E-state index in [9.17, 15) is 14.6 Å². The first-order chi connectivity index (χ1) is 9.52. The summed E-state index contributed by atoms with van der Waals surface area (Å²) in [6.45, 7) is 0.0346. The first-order valence-corrected chi connectivity index (χ1v) is 5.90. The summed E-state index contributed by atoms with van der Waals surface area (Å²) < 4.78 is 20.0. The van der Waals surface area contributed by atoms with Crippen LogP contribution in [0.3, 0.4) is 0 Å². The predicted molar refractivity (Wildman–Crippen MR) is 64.7 cm³/mol. The average molecular weight is 284 g/mol. The Bertz CT molecular complexity index is 649. The predicted octanol–water partition coefficient (Wildman–Crippen LogP) is -1.87. The molecule has 3 rings (SSSR count). The molecule has 1 fully saturated rings. The molecule has 1 saturated heterocycles. The fourth-order valence-electron chi connectivity index (χ4n) is 2.25. The second-order valence-corrected chi connectivity index (χ2v) is 4.48. The molecule has 0 bridgehead atoms. The zero-order valence-electron chi connectivity index (χ0n) is 10.2. The van der Waals surface area contributed by atoms with Crippen molar-refractivity contribution in [2.75, 3.05) is 12.3 Å². The molecule has 2 aromatic rings. The molecule has 4 unspecified atom stereocenters. The summed E-state index contributed by atoms with van der Waals surface area (Å²) in [6, 6.07) is 0. The number of hydrogen-bond donors (Lipinski definition) is 4. The van der Waals surface area contributed by atoms with Crippen molar-refractivity contribution < 1.29 is 19.3 Å². The lowest BCUT2D eigenvalue weighted by Gasteiger charge is -2.16. The van der Waals surface area contributed by atoms with Crippen LogP contribution in [-0.2, 0) is 4.74 Å². The van der Waals surface area contributed by atoms with Crippen LogP contribution in [0.5, 0.6) is 0 Å². The van der Waals surface area contributed by atoms with Crippen molar-refractivity contribution in [3.8, 4) is 0 Å². The summed E-state index contributed by atoms with van der Waals surface area (Å²) in [4.78, 5) is 10.9. The quantitative estimate of drug-likeness (QED) is 0.469. The number of nitrogens with two attached hydrogens (primary N) is 2. The van der Waals surface area contributed by atoms with Crippen molar-refractivity contribution in [1.82, 2.24) is 19.5 Å². The summed E-state index contributed by atoms with van der Waals surface area (Å²) >= 11 is 0. The largest absolute Gasteiger partial charge is 0.387 e.